The number of halogens is 1. The second kappa shape index (κ2) is 4.59. The highest BCUT2D eigenvalue weighted by Gasteiger charge is 2.06. The number of aromatic nitrogens is 2. The van der Waals surface area contributed by atoms with E-state index < -0.39 is 0 Å². The molecule has 0 saturated heterocycles. The Labute approximate surface area is 114 Å². The number of aryl methyl sites for hydroxylation is 1. The van der Waals surface area contributed by atoms with E-state index >= 15 is 0 Å². The van der Waals surface area contributed by atoms with Gasteiger partial charge in [-0.3, -0.25) is 0 Å². The van der Waals surface area contributed by atoms with Crippen LogP contribution in [0.2, 0.25) is 0 Å². The molecule has 3 aromatic rings. The van der Waals surface area contributed by atoms with E-state index in [1.165, 1.54) is 4.88 Å². The van der Waals surface area contributed by atoms with Crippen molar-refractivity contribution in [3.05, 3.63) is 52.0 Å². The Morgan fingerprint density at radius 2 is 2.11 bits per heavy atom. The predicted molar refractivity (Wildman–Crippen MR) is 78.9 cm³/mol. The van der Waals surface area contributed by atoms with E-state index in [0.29, 0.717) is 10.9 Å². The lowest BCUT2D eigenvalue weighted by molar-refractivity contribution is 1.29. The molecular weight excluding hydrogens is 264 g/mol. The molecular formula is C14H11ClN2S. The normalized spacial score (nSPS) is 12.2. The second-order valence-corrected chi connectivity index (χ2v) is 5.77. The van der Waals surface area contributed by atoms with Crippen molar-refractivity contribution in [3.8, 4) is 0 Å². The summed E-state index contributed by atoms with van der Waals surface area (Å²) in [6, 6.07) is 12.0. The van der Waals surface area contributed by atoms with Crippen molar-refractivity contribution in [3.63, 3.8) is 0 Å². The van der Waals surface area contributed by atoms with Gasteiger partial charge in [0.05, 0.1) is 16.1 Å². The monoisotopic (exact) mass is 274 g/mol. The number of imidazole rings is 1. The minimum absolute atomic E-state index is 0.632. The first-order chi connectivity index (χ1) is 8.72. The van der Waals surface area contributed by atoms with Gasteiger partial charge < -0.3 is 4.98 Å². The molecule has 0 fully saturated rings. The number of para-hydroxylation sites is 2. The zero-order valence-electron chi connectivity index (χ0n) is 9.77. The average molecular weight is 275 g/mol. The van der Waals surface area contributed by atoms with Crippen LogP contribution in [0.25, 0.3) is 22.1 Å². The van der Waals surface area contributed by atoms with Crippen LogP contribution >= 0.6 is 22.9 Å². The zero-order valence-corrected chi connectivity index (χ0v) is 11.3. The molecule has 2 nitrogen and oxygen atoms in total. The van der Waals surface area contributed by atoms with E-state index in [9.17, 15) is 0 Å². The number of rotatable bonds is 2. The number of nitrogens with zero attached hydrogens (tertiary/aromatic N) is 1. The molecule has 3 rings (SSSR count). The Balaban J connectivity index is 2.01. The summed E-state index contributed by atoms with van der Waals surface area (Å²) >= 11 is 8.01. The fraction of sp³-hybridized carbons (Fsp3) is 0.0714. The zero-order chi connectivity index (χ0) is 12.5. The summed E-state index contributed by atoms with van der Waals surface area (Å²) in [5.41, 5.74) is 1.93. The Bertz CT molecular complexity index is 691. The SMILES string of the molecule is Cc1ccc(C=C(Cl)c2nc3ccccc3[nH]2)s1. The molecule has 0 aliphatic rings. The average Bonchev–Trinajstić information content (AvgIpc) is 2.95. The Morgan fingerprint density at radius 1 is 1.28 bits per heavy atom. The molecule has 0 aliphatic carbocycles. The number of fused-ring (bicyclic) bond motifs is 1. The molecule has 0 saturated carbocycles. The summed E-state index contributed by atoms with van der Waals surface area (Å²) < 4.78 is 0. The molecule has 0 unspecified atom stereocenters. The second-order valence-electron chi connectivity index (χ2n) is 4.04. The molecule has 0 amide bonds. The van der Waals surface area contributed by atoms with Gasteiger partial charge in [-0.05, 0) is 37.3 Å². The number of H-pyrrole nitrogens is 1. The van der Waals surface area contributed by atoms with Gasteiger partial charge in [-0.25, -0.2) is 4.98 Å². The van der Waals surface area contributed by atoms with Crippen molar-refractivity contribution >= 4 is 45.1 Å². The van der Waals surface area contributed by atoms with Gasteiger partial charge >= 0.3 is 0 Å². The van der Waals surface area contributed by atoms with E-state index in [1.807, 2.05) is 30.3 Å². The van der Waals surface area contributed by atoms with Gasteiger partial charge in [-0.15, -0.1) is 11.3 Å². The molecule has 4 heteroatoms. The van der Waals surface area contributed by atoms with Crippen LogP contribution in [0, 0.1) is 6.92 Å². The van der Waals surface area contributed by atoms with Crippen LogP contribution in [-0.4, -0.2) is 9.97 Å². The van der Waals surface area contributed by atoms with Gasteiger partial charge in [-0.1, -0.05) is 23.7 Å². The minimum atomic E-state index is 0.632. The molecule has 1 aromatic carbocycles. The molecule has 2 heterocycles. The molecule has 1 N–H and O–H groups in total. The van der Waals surface area contributed by atoms with E-state index in [1.54, 1.807) is 11.3 Å². The third-order valence-corrected chi connectivity index (χ3v) is 3.88. The van der Waals surface area contributed by atoms with Crippen molar-refractivity contribution in [1.82, 2.24) is 9.97 Å². The smallest absolute Gasteiger partial charge is 0.150 e. The molecule has 0 bridgehead atoms. The van der Waals surface area contributed by atoms with Gasteiger partial charge in [0.1, 0.15) is 5.82 Å². The van der Waals surface area contributed by atoms with Gasteiger partial charge in [0.15, 0.2) is 0 Å². The lowest BCUT2D eigenvalue weighted by Gasteiger charge is -1.91. The largest absolute Gasteiger partial charge is 0.337 e. The van der Waals surface area contributed by atoms with Crippen LogP contribution < -0.4 is 0 Å². The van der Waals surface area contributed by atoms with E-state index in [2.05, 4.69) is 29.0 Å². The quantitative estimate of drug-likeness (QED) is 0.723. The highest BCUT2D eigenvalue weighted by Crippen LogP contribution is 2.25. The number of aromatic amines is 1. The first-order valence-electron chi connectivity index (χ1n) is 5.61. The van der Waals surface area contributed by atoms with E-state index in [0.717, 1.165) is 15.9 Å². The number of nitrogens with one attached hydrogen (secondary N) is 1. The maximum atomic E-state index is 6.30. The highest BCUT2D eigenvalue weighted by atomic mass is 35.5. The van der Waals surface area contributed by atoms with E-state index in [4.69, 9.17) is 11.6 Å². The number of thiophene rings is 1. The molecule has 0 aliphatic heterocycles. The van der Waals surface area contributed by atoms with Gasteiger partial charge in [0.2, 0.25) is 0 Å². The summed E-state index contributed by atoms with van der Waals surface area (Å²) in [5, 5.41) is 0.632. The van der Waals surface area contributed by atoms with Crippen molar-refractivity contribution < 1.29 is 0 Å². The van der Waals surface area contributed by atoms with Crippen LogP contribution in [0.4, 0.5) is 0 Å². The maximum Gasteiger partial charge on any atom is 0.150 e. The van der Waals surface area contributed by atoms with Crippen LogP contribution in [0.5, 0.6) is 0 Å². The van der Waals surface area contributed by atoms with Crippen molar-refractivity contribution in [2.75, 3.05) is 0 Å². The summed E-state index contributed by atoms with van der Waals surface area (Å²) in [4.78, 5) is 10.1. The van der Waals surface area contributed by atoms with Crippen molar-refractivity contribution in [1.29, 1.82) is 0 Å². The van der Waals surface area contributed by atoms with Gasteiger partial charge in [0.25, 0.3) is 0 Å². The maximum absolute atomic E-state index is 6.30. The van der Waals surface area contributed by atoms with Crippen LogP contribution in [0.1, 0.15) is 15.6 Å². The number of hydrogen-bond donors (Lipinski definition) is 1. The molecule has 0 spiro atoms. The van der Waals surface area contributed by atoms with Crippen molar-refractivity contribution in [2.24, 2.45) is 0 Å². The summed E-state index contributed by atoms with van der Waals surface area (Å²) in [6.07, 6.45) is 1.94. The number of hydrogen-bond acceptors (Lipinski definition) is 2. The fourth-order valence-electron chi connectivity index (χ4n) is 1.79. The first kappa shape index (κ1) is 11.5. The third kappa shape index (κ3) is 2.19. The molecule has 2 aromatic heterocycles. The first-order valence-corrected chi connectivity index (χ1v) is 6.80. The highest BCUT2D eigenvalue weighted by molar-refractivity contribution is 7.12. The summed E-state index contributed by atoms with van der Waals surface area (Å²) in [7, 11) is 0. The lowest BCUT2D eigenvalue weighted by Crippen LogP contribution is -1.78. The van der Waals surface area contributed by atoms with Crippen molar-refractivity contribution in [2.45, 2.75) is 6.92 Å². The minimum Gasteiger partial charge on any atom is -0.337 e. The van der Waals surface area contributed by atoms with Gasteiger partial charge in [0, 0.05) is 9.75 Å². The number of benzene rings is 1. The molecule has 90 valence electrons. The third-order valence-electron chi connectivity index (χ3n) is 2.65. The molecule has 0 radical (unpaired) electrons. The molecule has 0 atom stereocenters. The fourth-order valence-corrected chi connectivity index (χ4v) is 2.88. The molecule has 18 heavy (non-hydrogen) atoms. The standard InChI is InChI=1S/C14H11ClN2S/c1-9-6-7-10(18-9)8-11(15)14-16-12-4-2-3-5-13(12)17-14/h2-8H,1H3,(H,16,17). The Kier molecular flexibility index (Phi) is 2.94. The van der Waals surface area contributed by atoms with Crippen LogP contribution in [-0.2, 0) is 0 Å². The lowest BCUT2D eigenvalue weighted by atomic mass is 10.3. The van der Waals surface area contributed by atoms with Crippen LogP contribution in [0.3, 0.4) is 0 Å². The van der Waals surface area contributed by atoms with Gasteiger partial charge in [-0.2, -0.15) is 0 Å². The van der Waals surface area contributed by atoms with Crippen LogP contribution in [0.15, 0.2) is 36.4 Å². The Morgan fingerprint density at radius 3 is 2.83 bits per heavy atom. The van der Waals surface area contributed by atoms with E-state index in [-0.39, 0.29) is 0 Å². The summed E-state index contributed by atoms with van der Waals surface area (Å²) in [5.74, 6) is 0.712. The predicted octanol–water partition coefficient (Wildman–Crippen LogP) is 4.67. The summed E-state index contributed by atoms with van der Waals surface area (Å²) in [6.45, 7) is 2.08. The topological polar surface area (TPSA) is 28.7 Å². The Hall–Kier alpha value is -1.58.